The van der Waals surface area contributed by atoms with E-state index in [1.165, 1.54) is 7.11 Å². The third-order valence-electron chi connectivity index (χ3n) is 1.67. The van der Waals surface area contributed by atoms with Crippen LogP contribution in [0.3, 0.4) is 0 Å². The lowest BCUT2D eigenvalue weighted by Gasteiger charge is -1.97. The number of aliphatic hydroxyl groups excluding tert-OH is 1. The molecule has 0 atom stereocenters. The Morgan fingerprint density at radius 1 is 1.50 bits per heavy atom. The van der Waals surface area contributed by atoms with Crippen LogP contribution in [-0.2, 0) is 16.1 Å². The van der Waals surface area contributed by atoms with Crippen LogP contribution in [0.1, 0.15) is 11.1 Å². The van der Waals surface area contributed by atoms with Crippen LogP contribution < -0.4 is 0 Å². The molecule has 0 radical (unpaired) electrons. The molecule has 1 N–H and O–H groups in total. The molecule has 0 saturated heterocycles. The van der Waals surface area contributed by atoms with Gasteiger partial charge in [0.15, 0.2) is 0 Å². The average Bonchev–Trinajstić information content (AvgIpc) is 2.26. The minimum atomic E-state index is -0.585. The van der Waals surface area contributed by atoms with Crippen molar-refractivity contribution >= 4 is 5.97 Å². The molecule has 1 rings (SSSR count). The van der Waals surface area contributed by atoms with Crippen LogP contribution in [0.15, 0.2) is 24.3 Å². The van der Waals surface area contributed by atoms with Crippen LogP contribution in [0, 0.1) is 11.8 Å². The number of hydrogen-bond acceptors (Lipinski definition) is 3. The van der Waals surface area contributed by atoms with Crippen LogP contribution in [0.2, 0.25) is 0 Å². The molecule has 0 spiro atoms. The van der Waals surface area contributed by atoms with Crippen LogP contribution in [0.25, 0.3) is 0 Å². The zero-order valence-electron chi connectivity index (χ0n) is 7.78. The zero-order valence-corrected chi connectivity index (χ0v) is 7.78. The Morgan fingerprint density at radius 3 is 2.86 bits per heavy atom. The highest BCUT2D eigenvalue weighted by Gasteiger charge is 1.96. The number of methoxy groups -OCH3 is 1. The fourth-order valence-corrected chi connectivity index (χ4v) is 0.950. The highest BCUT2D eigenvalue weighted by Crippen LogP contribution is 2.06. The SMILES string of the molecule is COC(=O)C#Cc1ccccc1CO. The standard InChI is InChI=1S/C11H10O3/c1-14-11(13)7-6-9-4-2-3-5-10(9)8-12/h2-5,12H,8H2,1H3. The van der Waals surface area contributed by atoms with Crippen molar-refractivity contribution in [2.75, 3.05) is 7.11 Å². The van der Waals surface area contributed by atoms with E-state index < -0.39 is 5.97 Å². The van der Waals surface area contributed by atoms with Gasteiger partial charge < -0.3 is 9.84 Å². The van der Waals surface area contributed by atoms with Crippen molar-refractivity contribution in [3.8, 4) is 11.8 Å². The van der Waals surface area contributed by atoms with E-state index in [-0.39, 0.29) is 6.61 Å². The molecular formula is C11H10O3. The molecule has 14 heavy (non-hydrogen) atoms. The van der Waals surface area contributed by atoms with E-state index >= 15 is 0 Å². The number of carbonyl (C=O) groups is 1. The summed E-state index contributed by atoms with van der Waals surface area (Å²) in [5.74, 6) is 4.35. The molecule has 0 heterocycles. The van der Waals surface area contributed by atoms with E-state index in [0.717, 1.165) is 0 Å². The van der Waals surface area contributed by atoms with Crippen LogP contribution in [0.5, 0.6) is 0 Å². The van der Waals surface area contributed by atoms with Gasteiger partial charge in [0, 0.05) is 11.5 Å². The normalized spacial score (nSPS) is 8.71. The Hall–Kier alpha value is -1.79. The number of benzene rings is 1. The van der Waals surface area contributed by atoms with Crippen molar-refractivity contribution in [3.05, 3.63) is 35.4 Å². The topological polar surface area (TPSA) is 46.5 Å². The second kappa shape index (κ2) is 5.05. The smallest absolute Gasteiger partial charge is 0.384 e. The second-order valence-corrected chi connectivity index (χ2v) is 2.56. The number of aliphatic hydroxyl groups is 1. The minimum Gasteiger partial charge on any atom is -0.459 e. The molecule has 0 unspecified atom stereocenters. The van der Waals surface area contributed by atoms with Gasteiger partial charge in [-0.25, -0.2) is 4.79 Å². The highest BCUT2D eigenvalue weighted by molar-refractivity contribution is 5.89. The zero-order chi connectivity index (χ0) is 10.4. The summed E-state index contributed by atoms with van der Waals surface area (Å²) in [6.45, 7) is -0.0912. The van der Waals surface area contributed by atoms with E-state index in [4.69, 9.17) is 5.11 Å². The van der Waals surface area contributed by atoms with E-state index in [2.05, 4.69) is 16.6 Å². The van der Waals surface area contributed by atoms with Crippen molar-refractivity contribution in [3.63, 3.8) is 0 Å². The van der Waals surface area contributed by atoms with E-state index in [1.54, 1.807) is 24.3 Å². The summed E-state index contributed by atoms with van der Waals surface area (Å²) in [6.07, 6.45) is 0. The van der Waals surface area contributed by atoms with Crippen molar-refractivity contribution in [2.45, 2.75) is 6.61 Å². The van der Waals surface area contributed by atoms with Gasteiger partial charge >= 0.3 is 5.97 Å². The first kappa shape index (κ1) is 10.3. The molecule has 72 valence electrons. The average molecular weight is 190 g/mol. The van der Waals surface area contributed by atoms with Gasteiger partial charge in [0.1, 0.15) is 0 Å². The fourth-order valence-electron chi connectivity index (χ4n) is 0.950. The second-order valence-electron chi connectivity index (χ2n) is 2.56. The third kappa shape index (κ3) is 2.61. The molecule has 1 aromatic carbocycles. The summed E-state index contributed by atoms with van der Waals surface area (Å²) in [6, 6.07) is 7.08. The predicted octanol–water partition coefficient (Wildman–Crippen LogP) is 0.703. The number of ether oxygens (including phenoxy) is 1. The largest absolute Gasteiger partial charge is 0.459 e. The number of rotatable bonds is 1. The van der Waals surface area contributed by atoms with Gasteiger partial charge in [0.2, 0.25) is 0 Å². The summed E-state index contributed by atoms with van der Waals surface area (Å²) < 4.78 is 4.37. The van der Waals surface area contributed by atoms with E-state index in [0.29, 0.717) is 11.1 Å². The molecule has 0 bridgehead atoms. The molecule has 0 aliphatic heterocycles. The van der Waals surface area contributed by atoms with Crippen molar-refractivity contribution in [1.82, 2.24) is 0 Å². The van der Waals surface area contributed by atoms with Gasteiger partial charge in [-0.3, -0.25) is 0 Å². The molecule has 3 heteroatoms. The van der Waals surface area contributed by atoms with Gasteiger partial charge in [-0.15, -0.1) is 0 Å². The molecule has 0 saturated carbocycles. The molecular weight excluding hydrogens is 180 g/mol. The number of hydrogen-bond donors (Lipinski definition) is 1. The molecule has 3 nitrogen and oxygen atoms in total. The Bertz CT molecular complexity index is 385. The summed E-state index contributed by atoms with van der Waals surface area (Å²) in [5.41, 5.74) is 1.34. The Labute approximate surface area is 82.3 Å². The Morgan fingerprint density at radius 2 is 2.21 bits per heavy atom. The predicted molar refractivity (Wildman–Crippen MR) is 51.3 cm³/mol. The van der Waals surface area contributed by atoms with Crippen molar-refractivity contribution in [2.24, 2.45) is 0 Å². The van der Waals surface area contributed by atoms with Gasteiger partial charge in [-0.1, -0.05) is 24.1 Å². The van der Waals surface area contributed by atoms with Gasteiger partial charge in [0.25, 0.3) is 0 Å². The van der Waals surface area contributed by atoms with Gasteiger partial charge in [0.05, 0.1) is 13.7 Å². The third-order valence-corrected chi connectivity index (χ3v) is 1.67. The van der Waals surface area contributed by atoms with Crippen molar-refractivity contribution in [1.29, 1.82) is 0 Å². The van der Waals surface area contributed by atoms with Crippen LogP contribution in [-0.4, -0.2) is 18.2 Å². The Balaban J connectivity index is 2.94. The fraction of sp³-hybridized carbons (Fsp3) is 0.182. The van der Waals surface area contributed by atoms with Gasteiger partial charge in [-0.2, -0.15) is 0 Å². The van der Waals surface area contributed by atoms with Gasteiger partial charge in [-0.05, 0) is 11.6 Å². The minimum absolute atomic E-state index is 0.0912. The summed E-state index contributed by atoms with van der Waals surface area (Å²) in [5, 5.41) is 8.96. The lowest BCUT2D eigenvalue weighted by molar-refractivity contribution is -0.133. The van der Waals surface area contributed by atoms with E-state index in [9.17, 15) is 4.79 Å². The first-order valence-corrected chi connectivity index (χ1v) is 4.06. The molecule has 0 aliphatic carbocycles. The Kier molecular flexibility index (Phi) is 3.71. The first-order valence-electron chi connectivity index (χ1n) is 4.06. The number of esters is 1. The van der Waals surface area contributed by atoms with E-state index in [1.807, 2.05) is 0 Å². The molecule has 0 fully saturated rings. The molecule has 0 aliphatic rings. The maximum Gasteiger partial charge on any atom is 0.384 e. The summed E-state index contributed by atoms with van der Waals surface area (Å²) in [4.78, 5) is 10.7. The lowest BCUT2D eigenvalue weighted by Crippen LogP contribution is -1.95. The summed E-state index contributed by atoms with van der Waals surface area (Å²) >= 11 is 0. The maximum absolute atomic E-state index is 10.7. The monoisotopic (exact) mass is 190 g/mol. The van der Waals surface area contributed by atoms with Crippen molar-refractivity contribution < 1.29 is 14.6 Å². The highest BCUT2D eigenvalue weighted by atomic mass is 16.5. The quantitative estimate of drug-likeness (QED) is 0.524. The number of carbonyl (C=O) groups excluding carboxylic acids is 1. The maximum atomic E-state index is 10.7. The first-order chi connectivity index (χ1) is 6.77. The summed E-state index contributed by atoms with van der Waals surface area (Å²) in [7, 11) is 1.27. The lowest BCUT2D eigenvalue weighted by atomic mass is 10.1. The van der Waals surface area contributed by atoms with Crippen LogP contribution >= 0.6 is 0 Å². The molecule has 0 aromatic heterocycles. The van der Waals surface area contributed by atoms with Crippen LogP contribution in [0.4, 0.5) is 0 Å². The molecule has 1 aromatic rings. The molecule has 0 amide bonds.